The van der Waals surface area contributed by atoms with Crippen LogP contribution in [0.4, 0.5) is 5.69 Å². The summed E-state index contributed by atoms with van der Waals surface area (Å²) in [5.41, 5.74) is 11.5. The summed E-state index contributed by atoms with van der Waals surface area (Å²) in [7, 11) is 0. The molecule has 0 saturated carbocycles. The van der Waals surface area contributed by atoms with Crippen molar-refractivity contribution >= 4 is 23.4 Å². The van der Waals surface area contributed by atoms with Gasteiger partial charge in [0.15, 0.2) is 0 Å². The highest BCUT2D eigenvalue weighted by Gasteiger charge is 2.17. The highest BCUT2D eigenvalue weighted by Crippen LogP contribution is 2.09. The topological polar surface area (TPSA) is 127 Å². The molecule has 7 heteroatoms. The summed E-state index contributed by atoms with van der Waals surface area (Å²) < 4.78 is 0. The van der Waals surface area contributed by atoms with Gasteiger partial charge in [0.2, 0.25) is 17.7 Å². The van der Waals surface area contributed by atoms with Crippen molar-refractivity contribution in [3.05, 3.63) is 29.8 Å². The molecule has 1 rings (SSSR count). The number of nitrogens with two attached hydrogens (primary N) is 2. The highest BCUT2D eigenvalue weighted by atomic mass is 16.2. The van der Waals surface area contributed by atoms with Crippen molar-refractivity contribution in [1.82, 2.24) is 5.32 Å². The van der Waals surface area contributed by atoms with E-state index in [0.717, 1.165) is 0 Å². The summed E-state index contributed by atoms with van der Waals surface area (Å²) in [6.45, 7) is 3.44. The van der Waals surface area contributed by atoms with E-state index in [4.69, 9.17) is 11.5 Å². The molecule has 0 radical (unpaired) electrons. The number of hydrogen-bond donors (Lipinski definition) is 4. The van der Waals surface area contributed by atoms with Crippen LogP contribution >= 0.6 is 0 Å². The van der Waals surface area contributed by atoms with Crippen LogP contribution in [0.15, 0.2) is 24.3 Å². The predicted molar refractivity (Wildman–Crippen MR) is 79.4 cm³/mol. The first-order chi connectivity index (χ1) is 9.81. The fourth-order valence-corrected chi connectivity index (χ4v) is 1.54. The summed E-state index contributed by atoms with van der Waals surface area (Å²) >= 11 is 0. The first-order valence-corrected chi connectivity index (χ1v) is 6.54. The number of nitrogens with one attached hydrogen (secondary N) is 2. The van der Waals surface area contributed by atoms with Gasteiger partial charge in [0.25, 0.3) is 0 Å². The van der Waals surface area contributed by atoms with E-state index in [1.807, 2.05) is 13.8 Å². The normalized spacial score (nSPS) is 11.8. The van der Waals surface area contributed by atoms with Crippen molar-refractivity contribution in [2.45, 2.75) is 19.9 Å². The summed E-state index contributed by atoms with van der Waals surface area (Å²) in [5, 5.41) is 5.01. The van der Waals surface area contributed by atoms with Crippen molar-refractivity contribution in [2.24, 2.45) is 17.4 Å². The van der Waals surface area contributed by atoms with E-state index in [1.54, 1.807) is 18.2 Å². The van der Waals surface area contributed by atoms with Gasteiger partial charge in [0.05, 0.1) is 12.6 Å². The van der Waals surface area contributed by atoms with Crippen molar-refractivity contribution in [2.75, 3.05) is 11.9 Å². The Labute approximate surface area is 123 Å². The molecule has 0 aromatic heterocycles. The Hall–Kier alpha value is -2.41. The molecule has 0 heterocycles. The van der Waals surface area contributed by atoms with Gasteiger partial charge in [-0.1, -0.05) is 19.9 Å². The summed E-state index contributed by atoms with van der Waals surface area (Å²) in [6, 6.07) is 5.56. The zero-order valence-electron chi connectivity index (χ0n) is 12.1. The van der Waals surface area contributed by atoms with Crippen molar-refractivity contribution in [3.8, 4) is 0 Å². The molecular weight excluding hydrogens is 272 g/mol. The molecule has 0 aliphatic rings. The third-order valence-corrected chi connectivity index (χ3v) is 2.88. The number of benzene rings is 1. The Balaban J connectivity index is 2.53. The largest absolute Gasteiger partial charge is 0.366 e. The maximum Gasteiger partial charge on any atom is 0.248 e. The second kappa shape index (κ2) is 7.39. The van der Waals surface area contributed by atoms with Crippen LogP contribution < -0.4 is 22.1 Å². The standard InChI is InChI=1S/C14H20N4O3/c1-8(2)12(15)14(21)17-7-11(19)18-10-5-3-4-9(6-10)13(16)20/h3-6,8,12H,7,15H2,1-2H3,(H2,16,20)(H,17,21)(H,18,19)/t12-/m0/s1. The molecule has 1 aromatic carbocycles. The second-order valence-corrected chi connectivity index (χ2v) is 4.98. The van der Waals surface area contributed by atoms with Crippen LogP contribution in [-0.2, 0) is 9.59 Å². The molecule has 7 nitrogen and oxygen atoms in total. The Morgan fingerprint density at radius 1 is 1.24 bits per heavy atom. The van der Waals surface area contributed by atoms with Crippen LogP contribution in [0.25, 0.3) is 0 Å². The van der Waals surface area contributed by atoms with Crippen LogP contribution in [-0.4, -0.2) is 30.3 Å². The minimum Gasteiger partial charge on any atom is -0.366 e. The fourth-order valence-electron chi connectivity index (χ4n) is 1.54. The number of rotatable bonds is 6. The number of carbonyl (C=O) groups is 3. The lowest BCUT2D eigenvalue weighted by Gasteiger charge is -2.15. The van der Waals surface area contributed by atoms with E-state index >= 15 is 0 Å². The quantitative estimate of drug-likeness (QED) is 0.580. The van der Waals surface area contributed by atoms with E-state index in [1.165, 1.54) is 6.07 Å². The number of anilines is 1. The molecule has 0 bridgehead atoms. The van der Waals surface area contributed by atoms with E-state index in [0.29, 0.717) is 11.3 Å². The molecule has 3 amide bonds. The lowest BCUT2D eigenvalue weighted by atomic mass is 10.1. The third kappa shape index (κ3) is 5.23. The Morgan fingerprint density at radius 2 is 1.90 bits per heavy atom. The smallest absolute Gasteiger partial charge is 0.248 e. The van der Waals surface area contributed by atoms with E-state index in [-0.39, 0.29) is 18.4 Å². The highest BCUT2D eigenvalue weighted by molar-refractivity contribution is 5.98. The van der Waals surface area contributed by atoms with Gasteiger partial charge in [0, 0.05) is 11.3 Å². The lowest BCUT2D eigenvalue weighted by Crippen LogP contribution is -2.46. The van der Waals surface area contributed by atoms with Gasteiger partial charge in [-0.2, -0.15) is 0 Å². The molecule has 0 fully saturated rings. The monoisotopic (exact) mass is 292 g/mol. The van der Waals surface area contributed by atoms with Gasteiger partial charge in [-0.15, -0.1) is 0 Å². The minimum absolute atomic E-state index is 0.0136. The Bertz CT molecular complexity index is 543. The van der Waals surface area contributed by atoms with Gasteiger partial charge in [-0.3, -0.25) is 14.4 Å². The van der Waals surface area contributed by atoms with Crippen LogP contribution in [0, 0.1) is 5.92 Å². The zero-order chi connectivity index (χ0) is 16.0. The average Bonchev–Trinajstić information content (AvgIpc) is 2.44. The van der Waals surface area contributed by atoms with Crippen LogP contribution in [0.2, 0.25) is 0 Å². The molecule has 0 saturated heterocycles. The number of amides is 3. The van der Waals surface area contributed by atoms with Gasteiger partial charge in [-0.05, 0) is 24.1 Å². The van der Waals surface area contributed by atoms with E-state index in [2.05, 4.69) is 10.6 Å². The minimum atomic E-state index is -0.656. The molecule has 0 spiro atoms. The second-order valence-electron chi connectivity index (χ2n) is 4.98. The molecule has 114 valence electrons. The molecule has 21 heavy (non-hydrogen) atoms. The van der Waals surface area contributed by atoms with Crippen molar-refractivity contribution in [1.29, 1.82) is 0 Å². The molecular formula is C14H20N4O3. The lowest BCUT2D eigenvalue weighted by molar-refractivity contribution is -0.125. The van der Waals surface area contributed by atoms with Crippen LogP contribution in [0.3, 0.4) is 0 Å². The molecule has 0 aliphatic carbocycles. The zero-order valence-corrected chi connectivity index (χ0v) is 12.1. The van der Waals surface area contributed by atoms with Gasteiger partial charge >= 0.3 is 0 Å². The molecule has 0 aliphatic heterocycles. The fraction of sp³-hybridized carbons (Fsp3) is 0.357. The Morgan fingerprint density at radius 3 is 2.48 bits per heavy atom. The first kappa shape index (κ1) is 16.6. The maximum atomic E-state index is 11.7. The summed E-state index contributed by atoms with van der Waals surface area (Å²) in [5.74, 6) is -1.39. The molecule has 1 aromatic rings. The van der Waals surface area contributed by atoms with Gasteiger partial charge < -0.3 is 22.1 Å². The van der Waals surface area contributed by atoms with Crippen LogP contribution in [0.5, 0.6) is 0 Å². The SMILES string of the molecule is CC(C)[C@H](N)C(=O)NCC(=O)Nc1cccc(C(N)=O)c1. The van der Waals surface area contributed by atoms with Crippen molar-refractivity contribution in [3.63, 3.8) is 0 Å². The van der Waals surface area contributed by atoms with E-state index in [9.17, 15) is 14.4 Å². The molecule has 1 atom stereocenters. The number of hydrogen-bond acceptors (Lipinski definition) is 4. The van der Waals surface area contributed by atoms with Crippen molar-refractivity contribution < 1.29 is 14.4 Å². The number of carbonyl (C=O) groups excluding carboxylic acids is 3. The van der Waals surface area contributed by atoms with Gasteiger partial charge in [-0.25, -0.2) is 0 Å². The average molecular weight is 292 g/mol. The third-order valence-electron chi connectivity index (χ3n) is 2.88. The Kier molecular flexibility index (Phi) is 5.86. The predicted octanol–water partition coefficient (Wildman–Crippen LogP) is -0.176. The number of primary amides is 1. The molecule has 6 N–H and O–H groups in total. The van der Waals surface area contributed by atoms with Crippen LogP contribution in [0.1, 0.15) is 24.2 Å². The summed E-state index contributed by atoms with van der Waals surface area (Å²) in [6.07, 6.45) is 0. The first-order valence-electron chi connectivity index (χ1n) is 6.54. The molecule has 0 unspecified atom stereocenters. The maximum absolute atomic E-state index is 11.7. The van der Waals surface area contributed by atoms with E-state index < -0.39 is 17.9 Å². The van der Waals surface area contributed by atoms with Gasteiger partial charge in [0.1, 0.15) is 0 Å². The summed E-state index contributed by atoms with van der Waals surface area (Å²) in [4.78, 5) is 34.3.